The minimum Gasteiger partial charge on any atom is -0.353 e. The van der Waals surface area contributed by atoms with Crippen molar-refractivity contribution in [1.29, 1.82) is 0 Å². The van der Waals surface area contributed by atoms with Gasteiger partial charge in [0, 0.05) is 24.4 Å². The highest BCUT2D eigenvalue weighted by atomic mass is 32.2. The smallest absolute Gasteiger partial charge is 0.255 e. The Labute approximate surface area is 171 Å². The summed E-state index contributed by atoms with van der Waals surface area (Å²) in [4.78, 5) is 29.9. The number of nitrogens with one attached hydrogen (secondary N) is 1. The summed E-state index contributed by atoms with van der Waals surface area (Å²) in [6, 6.07) is 5.28. The van der Waals surface area contributed by atoms with Crippen molar-refractivity contribution >= 4 is 23.6 Å². The maximum atomic E-state index is 13.7. The van der Waals surface area contributed by atoms with Crippen molar-refractivity contribution in [3.63, 3.8) is 0 Å². The van der Waals surface area contributed by atoms with Crippen LogP contribution in [0.1, 0.15) is 42.5 Å². The summed E-state index contributed by atoms with van der Waals surface area (Å²) in [5, 5.41) is 2.95. The van der Waals surface area contributed by atoms with Gasteiger partial charge in [0.25, 0.3) is 5.91 Å². The van der Waals surface area contributed by atoms with Crippen LogP contribution in [-0.2, 0) is 4.79 Å². The molecule has 1 aromatic rings. The normalized spacial score (nSPS) is 23.2. The molecule has 1 aliphatic carbocycles. The molecule has 1 saturated carbocycles. The first kappa shape index (κ1) is 21.1. The summed E-state index contributed by atoms with van der Waals surface area (Å²) in [7, 11) is 3.91. The molecule has 3 rings (SSSR count). The standard InChI is InChI=1S/C21H30FN3O2S/c1-24(2)12-11-23-19(26)18-14-28-21(15-7-4-3-5-8-15)25(18)20(27)16-9-6-10-17(22)13-16/h6,9-10,13,15,18,21H,3-5,7-8,11-12,14H2,1-2H3,(H,23,26)/t18-,21+/m0/s1. The predicted molar refractivity (Wildman–Crippen MR) is 111 cm³/mol. The van der Waals surface area contributed by atoms with Gasteiger partial charge in [-0.3, -0.25) is 9.59 Å². The van der Waals surface area contributed by atoms with Gasteiger partial charge >= 0.3 is 0 Å². The highest BCUT2D eigenvalue weighted by Crippen LogP contribution is 2.41. The van der Waals surface area contributed by atoms with Gasteiger partial charge in [0.15, 0.2) is 0 Å². The molecule has 2 atom stereocenters. The molecule has 1 aromatic carbocycles. The number of carbonyl (C=O) groups is 2. The summed E-state index contributed by atoms with van der Waals surface area (Å²) in [5.41, 5.74) is 0.314. The number of carbonyl (C=O) groups excluding carboxylic acids is 2. The van der Waals surface area contributed by atoms with E-state index in [1.807, 2.05) is 19.0 Å². The quantitative estimate of drug-likeness (QED) is 0.788. The fourth-order valence-corrected chi connectivity index (χ4v) is 5.70. The Bertz CT molecular complexity index is 694. The first-order valence-corrected chi connectivity index (χ1v) is 11.1. The van der Waals surface area contributed by atoms with Gasteiger partial charge in [-0.15, -0.1) is 11.8 Å². The average molecular weight is 408 g/mol. The van der Waals surface area contributed by atoms with Crippen molar-refractivity contribution in [2.24, 2.45) is 5.92 Å². The third-order valence-electron chi connectivity index (χ3n) is 5.55. The molecule has 2 amide bonds. The second-order valence-corrected chi connectivity index (χ2v) is 9.10. The van der Waals surface area contributed by atoms with Crippen LogP contribution in [0.3, 0.4) is 0 Å². The lowest BCUT2D eigenvalue weighted by molar-refractivity contribution is -0.125. The molecule has 1 heterocycles. The van der Waals surface area contributed by atoms with Gasteiger partial charge in [0.05, 0.1) is 5.37 Å². The maximum absolute atomic E-state index is 13.7. The van der Waals surface area contributed by atoms with Crippen LogP contribution in [0.5, 0.6) is 0 Å². The predicted octanol–water partition coefficient (Wildman–Crippen LogP) is 2.97. The third-order valence-corrected chi connectivity index (χ3v) is 7.02. The van der Waals surface area contributed by atoms with E-state index in [2.05, 4.69) is 5.32 Å². The van der Waals surface area contributed by atoms with Crippen molar-refractivity contribution in [2.75, 3.05) is 32.9 Å². The van der Waals surface area contributed by atoms with Crippen molar-refractivity contribution < 1.29 is 14.0 Å². The summed E-state index contributed by atoms with van der Waals surface area (Å²) >= 11 is 1.70. The van der Waals surface area contributed by atoms with E-state index in [0.29, 0.717) is 23.8 Å². The molecule has 7 heteroatoms. The highest BCUT2D eigenvalue weighted by molar-refractivity contribution is 8.00. The zero-order chi connectivity index (χ0) is 20.1. The SMILES string of the molecule is CN(C)CCNC(=O)[C@@H]1CS[C@H](C2CCCCC2)N1C(=O)c1cccc(F)c1. The average Bonchev–Trinajstić information content (AvgIpc) is 3.13. The molecule has 0 bridgehead atoms. The van der Waals surface area contributed by atoms with Crippen molar-refractivity contribution in [3.05, 3.63) is 35.6 Å². The van der Waals surface area contributed by atoms with E-state index in [0.717, 1.165) is 19.4 Å². The number of rotatable bonds is 6. The van der Waals surface area contributed by atoms with Gasteiger partial charge in [-0.05, 0) is 51.1 Å². The second-order valence-electron chi connectivity index (χ2n) is 7.95. The fourth-order valence-electron chi connectivity index (χ4n) is 4.06. The minimum absolute atomic E-state index is 0.0133. The maximum Gasteiger partial charge on any atom is 0.255 e. The van der Waals surface area contributed by atoms with E-state index in [1.165, 1.54) is 31.4 Å². The lowest BCUT2D eigenvalue weighted by atomic mass is 9.88. The van der Waals surface area contributed by atoms with Crippen molar-refractivity contribution in [2.45, 2.75) is 43.5 Å². The molecule has 0 aromatic heterocycles. The monoisotopic (exact) mass is 407 g/mol. The molecule has 0 radical (unpaired) electrons. The lowest BCUT2D eigenvalue weighted by Crippen LogP contribution is -2.52. The van der Waals surface area contributed by atoms with Crippen LogP contribution in [-0.4, -0.2) is 66.0 Å². The molecule has 2 aliphatic rings. The Balaban J connectivity index is 1.80. The topological polar surface area (TPSA) is 52.7 Å². The van der Waals surface area contributed by atoms with Gasteiger partial charge in [-0.1, -0.05) is 25.3 Å². The fraction of sp³-hybridized carbons (Fsp3) is 0.619. The molecule has 1 saturated heterocycles. The summed E-state index contributed by atoms with van der Waals surface area (Å²) in [6.45, 7) is 1.29. The zero-order valence-corrected chi connectivity index (χ0v) is 17.5. The Morgan fingerprint density at radius 2 is 2.00 bits per heavy atom. The van der Waals surface area contributed by atoms with Gasteiger partial charge < -0.3 is 15.1 Å². The number of nitrogens with zero attached hydrogens (tertiary/aromatic N) is 2. The number of thioether (sulfide) groups is 1. The molecule has 154 valence electrons. The number of benzene rings is 1. The number of hydrogen-bond acceptors (Lipinski definition) is 4. The Kier molecular flexibility index (Phi) is 7.35. The summed E-state index contributed by atoms with van der Waals surface area (Å²) in [6.07, 6.45) is 5.74. The largest absolute Gasteiger partial charge is 0.353 e. The first-order chi connectivity index (χ1) is 13.5. The van der Waals surface area contributed by atoms with E-state index in [-0.39, 0.29) is 17.2 Å². The number of likely N-dealkylation sites (N-methyl/N-ethyl adjacent to an activating group) is 1. The zero-order valence-electron chi connectivity index (χ0n) is 16.7. The molecule has 28 heavy (non-hydrogen) atoms. The van der Waals surface area contributed by atoms with Crippen LogP contribution in [0.15, 0.2) is 24.3 Å². The molecule has 5 nitrogen and oxygen atoms in total. The minimum atomic E-state index is -0.505. The summed E-state index contributed by atoms with van der Waals surface area (Å²) in [5.74, 6) is 0.204. The van der Waals surface area contributed by atoms with E-state index >= 15 is 0 Å². The lowest BCUT2D eigenvalue weighted by Gasteiger charge is -2.35. The first-order valence-electron chi connectivity index (χ1n) is 10.1. The number of amides is 2. The van der Waals surface area contributed by atoms with E-state index in [9.17, 15) is 14.0 Å². The molecule has 2 fully saturated rings. The van der Waals surface area contributed by atoms with Crippen molar-refractivity contribution in [3.8, 4) is 0 Å². The number of hydrogen-bond donors (Lipinski definition) is 1. The molecule has 1 N–H and O–H groups in total. The van der Waals surface area contributed by atoms with Gasteiger partial charge in [0.1, 0.15) is 11.9 Å². The van der Waals surface area contributed by atoms with E-state index in [4.69, 9.17) is 0 Å². The second kappa shape index (κ2) is 9.74. The van der Waals surface area contributed by atoms with Gasteiger partial charge in [0.2, 0.25) is 5.91 Å². The van der Waals surface area contributed by atoms with Crippen LogP contribution in [0.4, 0.5) is 4.39 Å². The third kappa shape index (κ3) is 5.06. The summed E-state index contributed by atoms with van der Waals surface area (Å²) < 4.78 is 13.7. The van der Waals surface area contributed by atoms with Crippen LogP contribution < -0.4 is 5.32 Å². The molecular weight excluding hydrogens is 377 g/mol. The Morgan fingerprint density at radius 1 is 1.25 bits per heavy atom. The molecule has 1 aliphatic heterocycles. The number of halogens is 1. The van der Waals surface area contributed by atoms with Crippen molar-refractivity contribution in [1.82, 2.24) is 15.1 Å². The van der Waals surface area contributed by atoms with Crippen LogP contribution in [0, 0.1) is 11.7 Å². The van der Waals surface area contributed by atoms with E-state index in [1.54, 1.807) is 28.8 Å². The van der Waals surface area contributed by atoms with Crippen LogP contribution in [0.25, 0.3) is 0 Å². The van der Waals surface area contributed by atoms with Crippen LogP contribution >= 0.6 is 11.8 Å². The van der Waals surface area contributed by atoms with Gasteiger partial charge in [-0.25, -0.2) is 4.39 Å². The van der Waals surface area contributed by atoms with E-state index < -0.39 is 11.9 Å². The Hall–Kier alpha value is -1.60. The molecule has 0 spiro atoms. The highest BCUT2D eigenvalue weighted by Gasteiger charge is 2.45. The van der Waals surface area contributed by atoms with Gasteiger partial charge in [-0.2, -0.15) is 0 Å². The van der Waals surface area contributed by atoms with Crippen LogP contribution in [0.2, 0.25) is 0 Å². The molecular formula is C21H30FN3O2S. The Morgan fingerprint density at radius 3 is 2.68 bits per heavy atom. The molecule has 0 unspecified atom stereocenters.